The topological polar surface area (TPSA) is 227 Å². The lowest BCUT2D eigenvalue weighted by Gasteiger charge is -2.36. The lowest BCUT2D eigenvalue weighted by atomic mass is 9.77. The zero-order valence-electron chi connectivity index (χ0n) is 17.7. The molecule has 15 heteroatoms. The highest BCUT2D eigenvalue weighted by molar-refractivity contribution is 7.59. The van der Waals surface area contributed by atoms with Crippen molar-refractivity contribution in [3.05, 3.63) is 82.4 Å². The van der Waals surface area contributed by atoms with Crippen LogP contribution in [0.15, 0.2) is 54.6 Å². The molecule has 0 saturated heterocycles. The normalized spacial score (nSPS) is 13.2. The summed E-state index contributed by atoms with van der Waals surface area (Å²) in [7, 11) is -6.22. The maximum Gasteiger partial charge on any atom is 0.425 e. The van der Waals surface area contributed by atoms with Crippen LogP contribution in [0.2, 0.25) is 0 Å². The number of anilines is 2. The van der Waals surface area contributed by atoms with E-state index in [1.807, 2.05) is 0 Å². The monoisotopic (exact) mass is 534 g/mol. The standard InChI is InChI=1S/C21H14N2O5.2O3S/c22-11-2-5-15-17(8-11)27-18-9-12(23)3-6-16(18)21(15)14-4-1-10(19(24)25)7-13(14)20(26)28-21;2*1-4(2)3/h1-9H,22-23H2,(H,24,25);;. The number of ether oxygens (including phenoxy) is 2. The first kappa shape index (κ1) is 25.9. The predicted octanol–water partition coefficient (Wildman–Crippen LogP) is 1.11. The Morgan fingerprint density at radius 2 is 1.19 bits per heavy atom. The number of nitrogen functional groups attached to an aromatic ring is 2. The number of fused-ring (bicyclic) bond motifs is 6. The van der Waals surface area contributed by atoms with Crippen LogP contribution in [-0.4, -0.2) is 42.3 Å². The molecule has 0 bridgehead atoms. The van der Waals surface area contributed by atoms with E-state index in [-0.39, 0.29) is 11.1 Å². The number of carboxylic acid groups (broad SMARTS) is 1. The summed E-state index contributed by atoms with van der Waals surface area (Å²) >= 11 is 0. The Bertz CT molecular complexity index is 1540. The molecule has 0 atom stereocenters. The van der Waals surface area contributed by atoms with Gasteiger partial charge in [0.2, 0.25) is 0 Å². The number of hydrogen-bond acceptors (Lipinski definition) is 12. The van der Waals surface area contributed by atoms with Gasteiger partial charge in [-0.2, -0.15) is 0 Å². The summed E-state index contributed by atoms with van der Waals surface area (Å²) < 4.78 is 62.6. The number of benzene rings is 3. The third kappa shape index (κ3) is 4.86. The molecule has 2 aliphatic rings. The van der Waals surface area contributed by atoms with Gasteiger partial charge in [-0.25, -0.2) is 9.59 Å². The third-order valence-electron chi connectivity index (χ3n) is 5.10. The smallest absolute Gasteiger partial charge is 0.425 e. The molecule has 36 heavy (non-hydrogen) atoms. The van der Waals surface area contributed by atoms with Crippen LogP contribution in [-0.2, 0) is 31.6 Å². The van der Waals surface area contributed by atoms with Gasteiger partial charge in [0.25, 0.3) is 0 Å². The Morgan fingerprint density at radius 1 is 0.750 bits per heavy atom. The van der Waals surface area contributed by atoms with Gasteiger partial charge in [0.1, 0.15) is 11.5 Å². The Balaban J connectivity index is 0.000000398. The molecule has 5 N–H and O–H groups in total. The second-order valence-electron chi connectivity index (χ2n) is 7.16. The molecule has 13 nitrogen and oxygen atoms in total. The van der Waals surface area contributed by atoms with Crippen LogP contribution >= 0.6 is 0 Å². The van der Waals surface area contributed by atoms with E-state index >= 15 is 0 Å². The second kappa shape index (κ2) is 9.85. The number of rotatable bonds is 1. The van der Waals surface area contributed by atoms with E-state index in [9.17, 15) is 14.7 Å². The maximum atomic E-state index is 12.8. The van der Waals surface area contributed by atoms with Gasteiger partial charge in [-0.05, 0) is 36.4 Å². The minimum absolute atomic E-state index is 0.00914. The molecule has 3 aromatic carbocycles. The van der Waals surface area contributed by atoms with Crippen molar-refractivity contribution in [2.45, 2.75) is 5.60 Å². The Kier molecular flexibility index (Phi) is 7.07. The number of hydrogen-bond donors (Lipinski definition) is 3. The van der Waals surface area contributed by atoms with Gasteiger partial charge < -0.3 is 26.0 Å². The number of aromatic carboxylic acids is 1. The van der Waals surface area contributed by atoms with Crippen molar-refractivity contribution >= 4 is 44.5 Å². The number of carboxylic acids is 1. The summed E-state index contributed by atoms with van der Waals surface area (Å²) in [5, 5.41) is 9.28. The molecule has 2 heterocycles. The van der Waals surface area contributed by atoms with Crippen LogP contribution in [0.3, 0.4) is 0 Å². The molecule has 2 aliphatic heterocycles. The SMILES string of the molecule is Nc1ccc2c(c1)Oc1cc(N)ccc1C21OC(=O)c2cc(C(=O)O)ccc21.O=S(=O)=O.O=S(=O)=O. The van der Waals surface area contributed by atoms with Crippen molar-refractivity contribution in [3.8, 4) is 11.5 Å². The number of carbonyl (C=O) groups is 2. The summed E-state index contributed by atoms with van der Waals surface area (Å²) in [6, 6.07) is 14.6. The molecule has 0 unspecified atom stereocenters. The Morgan fingerprint density at radius 3 is 1.64 bits per heavy atom. The second-order valence-corrected chi connectivity index (χ2v) is 7.97. The molecule has 5 rings (SSSR count). The van der Waals surface area contributed by atoms with Gasteiger partial charge in [-0.15, -0.1) is 25.3 Å². The molecule has 0 amide bonds. The first-order chi connectivity index (χ1) is 16.9. The maximum absolute atomic E-state index is 12.8. The minimum Gasteiger partial charge on any atom is -0.478 e. The highest BCUT2D eigenvalue weighted by Gasteiger charge is 2.53. The van der Waals surface area contributed by atoms with Crippen molar-refractivity contribution in [2.75, 3.05) is 11.5 Å². The van der Waals surface area contributed by atoms with Crippen molar-refractivity contribution in [1.29, 1.82) is 0 Å². The third-order valence-corrected chi connectivity index (χ3v) is 5.10. The zero-order chi connectivity index (χ0) is 26.8. The van der Waals surface area contributed by atoms with Gasteiger partial charge in [0.05, 0.1) is 11.1 Å². The molecule has 1 spiro atoms. The van der Waals surface area contributed by atoms with E-state index in [1.165, 1.54) is 12.1 Å². The first-order valence-electron chi connectivity index (χ1n) is 9.49. The highest BCUT2D eigenvalue weighted by Crippen LogP contribution is 2.56. The Hall–Kier alpha value is -4.76. The van der Waals surface area contributed by atoms with Gasteiger partial charge in [0, 0.05) is 40.2 Å². The molecule has 0 radical (unpaired) electrons. The summed E-state index contributed by atoms with van der Waals surface area (Å²) in [5.41, 5.74) is 13.5. The van der Waals surface area contributed by atoms with Gasteiger partial charge >= 0.3 is 33.2 Å². The average molecular weight is 534 g/mol. The molecule has 0 aromatic heterocycles. The van der Waals surface area contributed by atoms with Crippen LogP contribution in [0.5, 0.6) is 11.5 Å². The van der Waals surface area contributed by atoms with Crippen molar-refractivity contribution in [1.82, 2.24) is 0 Å². The molecule has 186 valence electrons. The number of nitrogens with two attached hydrogens (primary N) is 2. The molecule has 0 aliphatic carbocycles. The van der Waals surface area contributed by atoms with Gasteiger partial charge in [-0.1, -0.05) is 6.07 Å². The highest BCUT2D eigenvalue weighted by atomic mass is 32.2. The van der Waals surface area contributed by atoms with Crippen molar-refractivity contribution in [2.24, 2.45) is 0 Å². The first-order valence-corrected chi connectivity index (χ1v) is 11.5. The lowest BCUT2D eigenvalue weighted by Crippen LogP contribution is -2.33. The van der Waals surface area contributed by atoms with Crippen molar-refractivity contribution < 1.29 is 49.4 Å². The molecule has 0 saturated carbocycles. The molecule has 3 aromatic rings. The number of carbonyl (C=O) groups excluding carboxylic acids is 1. The van der Waals surface area contributed by atoms with E-state index in [0.717, 1.165) is 0 Å². The summed E-state index contributed by atoms with van der Waals surface area (Å²) in [6.07, 6.45) is 0. The van der Waals surface area contributed by atoms with Gasteiger partial charge in [-0.3, -0.25) is 0 Å². The van der Waals surface area contributed by atoms with E-state index in [0.29, 0.717) is 39.6 Å². The Labute approximate surface area is 205 Å². The molecule has 0 fully saturated rings. The van der Waals surface area contributed by atoms with E-state index in [4.69, 9.17) is 46.2 Å². The van der Waals surface area contributed by atoms with Crippen LogP contribution in [0.25, 0.3) is 0 Å². The minimum atomic E-state index is -3.11. The van der Waals surface area contributed by atoms with Gasteiger partial charge in [0.15, 0.2) is 5.60 Å². The van der Waals surface area contributed by atoms with E-state index < -0.39 is 38.8 Å². The zero-order valence-corrected chi connectivity index (χ0v) is 19.3. The largest absolute Gasteiger partial charge is 0.478 e. The summed E-state index contributed by atoms with van der Waals surface area (Å²) in [5.74, 6) is -0.836. The fourth-order valence-electron chi connectivity index (χ4n) is 3.89. The fraction of sp³-hybridized carbons (Fsp3) is 0.0476. The lowest BCUT2D eigenvalue weighted by molar-refractivity contribution is 0.0224. The van der Waals surface area contributed by atoms with Crippen LogP contribution in [0.4, 0.5) is 11.4 Å². The summed E-state index contributed by atoms with van der Waals surface area (Å²) in [6.45, 7) is 0. The number of esters is 1. The van der Waals surface area contributed by atoms with Crippen molar-refractivity contribution in [3.63, 3.8) is 0 Å². The quantitative estimate of drug-likeness (QED) is 0.294. The van der Waals surface area contributed by atoms with E-state index in [2.05, 4.69) is 0 Å². The van der Waals surface area contributed by atoms with Crippen LogP contribution in [0, 0.1) is 0 Å². The fourth-order valence-corrected chi connectivity index (χ4v) is 3.89. The average Bonchev–Trinajstić information content (AvgIpc) is 3.05. The molecular weight excluding hydrogens is 520 g/mol. The molecular formula is C21H14N2O11S2. The van der Waals surface area contributed by atoms with E-state index in [1.54, 1.807) is 42.5 Å². The van der Waals surface area contributed by atoms with Crippen LogP contribution < -0.4 is 16.2 Å². The predicted molar refractivity (Wildman–Crippen MR) is 120 cm³/mol. The summed E-state index contributed by atoms with van der Waals surface area (Å²) in [4.78, 5) is 24.1. The van der Waals surface area contributed by atoms with Crippen LogP contribution in [0.1, 0.15) is 37.4 Å².